The first-order valence-electron chi connectivity index (χ1n) is 12.9. The van der Waals surface area contributed by atoms with Crippen molar-refractivity contribution in [3.05, 3.63) is 23.9 Å². The quantitative estimate of drug-likeness (QED) is 0.176. The summed E-state index contributed by atoms with van der Waals surface area (Å²) in [5.74, 6) is -2.53. The van der Waals surface area contributed by atoms with E-state index in [1.54, 1.807) is 44.9 Å². The third-order valence-electron chi connectivity index (χ3n) is 6.09. The van der Waals surface area contributed by atoms with Crippen LogP contribution >= 0.6 is 23.5 Å². The minimum absolute atomic E-state index is 0.0370. The molecule has 1 aliphatic rings. The monoisotopic (exact) mass is 569 g/mol. The van der Waals surface area contributed by atoms with Crippen molar-refractivity contribution in [3.63, 3.8) is 0 Å². The first-order valence-corrected chi connectivity index (χ1v) is 15.7. The summed E-state index contributed by atoms with van der Waals surface area (Å²) in [6.45, 7) is 8.81. The van der Waals surface area contributed by atoms with Gasteiger partial charge in [-0.25, -0.2) is 4.79 Å². The molecule has 0 aromatic carbocycles. The standard InChI is InChI=1S/C27H43N3O6S2/c1-8-21-25(33)30-23(17(4)5)27(35)36-19(11-9-10-12-37-6)13-18(31)14-20(16(2)3)24(32)29-22(15-38-7)26(34)28-21/h8-9,11,16-17,19-20,22-23H,10,12-15H2,1-7H3,(H,28,34)(H,29,32)(H,30,33)/b11-9+,21-8-/t19-,20-,22-,23+/m1/s1. The lowest BCUT2D eigenvalue weighted by molar-refractivity contribution is -0.153. The van der Waals surface area contributed by atoms with Crippen LogP contribution in [0.5, 0.6) is 0 Å². The molecule has 0 spiro atoms. The Balaban J connectivity index is 3.45. The van der Waals surface area contributed by atoms with E-state index in [2.05, 4.69) is 16.0 Å². The van der Waals surface area contributed by atoms with E-state index >= 15 is 0 Å². The Labute approximate surface area is 235 Å². The van der Waals surface area contributed by atoms with Gasteiger partial charge in [0.1, 0.15) is 29.7 Å². The number of carbonyl (C=O) groups excluding carboxylic acids is 5. The summed E-state index contributed by atoms with van der Waals surface area (Å²) in [7, 11) is 0. The Hall–Kier alpha value is -2.27. The zero-order valence-corrected chi connectivity index (χ0v) is 25.1. The van der Waals surface area contributed by atoms with Crippen LogP contribution in [0.3, 0.4) is 0 Å². The van der Waals surface area contributed by atoms with Gasteiger partial charge in [0.15, 0.2) is 0 Å². The number of Topliss-reactive ketones (excluding diaryl/α,β-unsaturated/α-hetero) is 1. The molecular weight excluding hydrogens is 526 g/mol. The van der Waals surface area contributed by atoms with Crippen molar-refractivity contribution in [2.75, 3.05) is 24.0 Å². The minimum Gasteiger partial charge on any atom is -0.456 e. The summed E-state index contributed by atoms with van der Waals surface area (Å²) in [4.78, 5) is 65.5. The summed E-state index contributed by atoms with van der Waals surface area (Å²) in [6.07, 6.45) is 8.57. The highest BCUT2D eigenvalue weighted by Crippen LogP contribution is 2.20. The van der Waals surface area contributed by atoms with Crippen molar-refractivity contribution < 1.29 is 28.7 Å². The molecule has 0 saturated carbocycles. The molecule has 1 fully saturated rings. The third kappa shape index (κ3) is 11.2. The number of hydrogen-bond donors (Lipinski definition) is 3. The normalized spacial score (nSPS) is 26.0. The Morgan fingerprint density at radius 2 is 1.63 bits per heavy atom. The minimum atomic E-state index is -0.996. The lowest BCUT2D eigenvalue weighted by Gasteiger charge is -2.27. The number of rotatable bonds is 8. The van der Waals surface area contributed by atoms with Crippen LogP contribution in [0.1, 0.15) is 53.9 Å². The van der Waals surface area contributed by atoms with Crippen molar-refractivity contribution in [2.24, 2.45) is 17.8 Å². The number of esters is 1. The molecule has 0 bridgehead atoms. The number of amides is 3. The zero-order valence-electron chi connectivity index (χ0n) is 23.5. The highest BCUT2D eigenvalue weighted by atomic mass is 32.2. The van der Waals surface area contributed by atoms with Gasteiger partial charge in [0.2, 0.25) is 11.8 Å². The molecule has 0 unspecified atom stereocenters. The topological polar surface area (TPSA) is 131 Å². The van der Waals surface area contributed by atoms with Gasteiger partial charge >= 0.3 is 5.97 Å². The van der Waals surface area contributed by atoms with E-state index in [1.807, 2.05) is 26.2 Å². The van der Waals surface area contributed by atoms with Gasteiger partial charge < -0.3 is 20.7 Å². The molecule has 1 rings (SSSR count). The molecular formula is C27H43N3O6S2. The van der Waals surface area contributed by atoms with Gasteiger partial charge in [-0.05, 0) is 49.5 Å². The van der Waals surface area contributed by atoms with E-state index in [1.165, 1.54) is 17.8 Å². The number of nitrogens with one attached hydrogen (secondary N) is 3. The van der Waals surface area contributed by atoms with E-state index in [4.69, 9.17) is 4.74 Å². The summed E-state index contributed by atoms with van der Waals surface area (Å²) in [6, 6.07) is -1.91. The molecule has 1 saturated heterocycles. The van der Waals surface area contributed by atoms with Crippen LogP contribution in [0, 0.1) is 17.8 Å². The van der Waals surface area contributed by atoms with Crippen molar-refractivity contribution in [2.45, 2.75) is 72.1 Å². The fourth-order valence-electron chi connectivity index (χ4n) is 3.81. The molecule has 38 heavy (non-hydrogen) atoms. The second-order valence-electron chi connectivity index (χ2n) is 9.89. The zero-order chi connectivity index (χ0) is 28.8. The molecule has 1 heterocycles. The Bertz CT molecular complexity index is 903. The fraction of sp³-hybridized carbons (Fsp3) is 0.667. The summed E-state index contributed by atoms with van der Waals surface area (Å²) in [5.41, 5.74) is -0.0370. The molecule has 0 aromatic rings. The largest absolute Gasteiger partial charge is 0.456 e. The van der Waals surface area contributed by atoms with Gasteiger partial charge in [-0.3, -0.25) is 19.2 Å². The second-order valence-corrected chi connectivity index (χ2v) is 11.8. The van der Waals surface area contributed by atoms with Gasteiger partial charge in [0.05, 0.1) is 0 Å². The molecule has 3 amide bonds. The predicted molar refractivity (Wildman–Crippen MR) is 154 cm³/mol. The van der Waals surface area contributed by atoms with Gasteiger partial charge in [-0.2, -0.15) is 23.5 Å². The summed E-state index contributed by atoms with van der Waals surface area (Å²) < 4.78 is 5.71. The smallest absolute Gasteiger partial charge is 0.329 e. The van der Waals surface area contributed by atoms with Crippen LogP contribution in [0.25, 0.3) is 0 Å². The maximum Gasteiger partial charge on any atom is 0.329 e. The van der Waals surface area contributed by atoms with E-state index < -0.39 is 47.8 Å². The number of hydrogen-bond acceptors (Lipinski definition) is 8. The van der Waals surface area contributed by atoms with Gasteiger partial charge in [0, 0.05) is 24.5 Å². The van der Waals surface area contributed by atoms with Crippen LogP contribution in [0.2, 0.25) is 0 Å². The van der Waals surface area contributed by atoms with Crippen molar-refractivity contribution in [1.82, 2.24) is 16.0 Å². The molecule has 9 nitrogen and oxygen atoms in total. The molecule has 4 atom stereocenters. The molecule has 0 aromatic heterocycles. The Morgan fingerprint density at radius 1 is 0.947 bits per heavy atom. The molecule has 11 heteroatoms. The SMILES string of the molecule is C/C=C1\NC(=O)[C@@H](CSC)NC(=O)[C@@H](C(C)C)CC(=O)C[C@@H](/C=C/CCSC)OC(=O)[C@H](C(C)C)NC1=O. The van der Waals surface area contributed by atoms with E-state index in [9.17, 15) is 24.0 Å². The number of ketones is 1. The number of carbonyl (C=O) groups is 5. The first kappa shape index (κ1) is 33.8. The van der Waals surface area contributed by atoms with E-state index in [0.717, 1.165) is 12.2 Å². The maximum absolute atomic E-state index is 13.2. The van der Waals surface area contributed by atoms with Crippen LogP contribution in [-0.2, 0) is 28.7 Å². The molecule has 1 aliphatic heterocycles. The van der Waals surface area contributed by atoms with E-state index in [0.29, 0.717) is 0 Å². The van der Waals surface area contributed by atoms with Gasteiger partial charge in [0.25, 0.3) is 5.91 Å². The molecule has 214 valence electrons. The van der Waals surface area contributed by atoms with Crippen LogP contribution < -0.4 is 16.0 Å². The van der Waals surface area contributed by atoms with Gasteiger partial charge in [-0.1, -0.05) is 39.8 Å². The summed E-state index contributed by atoms with van der Waals surface area (Å²) in [5, 5.41) is 8.00. The average molecular weight is 570 g/mol. The number of ether oxygens (including phenoxy) is 1. The molecule has 0 aliphatic carbocycles. The Kier molecular flexibility index (Phi) is 15.4. The van der Waals surface area contributed by atoms with Crippen LogP contribution in [-0.4, -0.2) is 71.7 Å². The average Bonchev–Trinajstić information content (AvgIpc) is 2.85. The van der Waals surface area contributed by atoms with Crippen molar-refractivity contribution in [3.8, 4) is 0 Å². The van der Waals surface area contributed by atoms with Crippen LogP contribution in [0.4, 0.5) is 0 Å². The second kappa shape index (κ2) is 17.3. The lowest BCUT2D eigenvalue weighted by Crippen LogP contribution is -2.53. The Morgan fingerprint density at radius 3 is 2.18 bits per heavy atom. The number of cyclic esters (lactones) is 1. The van der Waals surface area contributed by atoms with Crippen LogP contribution in [0.15, 0.2) is 23.9 Å². The van der Waals surface area contributed by atoms with E-state index in [-0.39, 0.29) is 41.9 Å². The first-order chi connectivity index (χ1) is 17.9. The highest BCUT2D eigenvalue weighted by molar-refractivity contribution is 7.98. The van der Waals surface area contributed by atoms with Crippen molar-refractivity contribution in [1.29, 1.82) is 0 Å². The number of allylic oxidation sites excluding steroid dienone is 2. The van der Waals surface area contributed by atoms with Gasteiger partial charge in [-0.15, -0.1) is 0 Å². The maximum atomic E-state index is 13.2. The number of thioether (sulfide) groups is 2. The lowest BCUT2D eigenvalue weighted by atomic mass is 9.88. The predicted octanol–water partition coefficient (Wildman–Crippen LogP) is 2.85. The highest BCUT2D eigenvalue weighted by Gasteiger charge is 2.33. The third-order valence-corrected chi connectivity index (χ3v) is 7.40. The molecule has 0 radical (unpaired) electrons. The van der Waals surface area contributed by atoms with Crippen molar-refractivity contribution >= 4 is 53.0 Å². The summed E-state index contributed by atoms with van der Waals surface area (Å²) >= 11 is 3.04. The molecule has 3 N–H and O–H groups in total. The fourth-order valence-corrected chi connectivity index (χ4v) is 4.75.